The standard InChI is InChI=1S/C24H20F3N5O4/c1-3-35-23(34)19-20-21(28)30-15-7-4-12(8-16(15)32(20)11-29-19)22(33)31(2)17-10-36-18-9-13(24(25,26)27)5-6-14(17)18/h4-9,11,17H,3,10H2,1-2H3,(H2,28,30). The van der Waals surface area contributed by atoms with Crippen LogP contribution >= 0.6 is 0 Å². The van der Waals surface area contributed by atoms with Crippen LogP contribution in [0.1, 0.15) is 44.9 Å². The van der Waals surface area contributed by atoms with E-state index >= 15 is 0 Å². The minimum absolute atomic E-state index is 0.00975. The van der Waals surface area contributed by atoms with E-state index in [4.69, 9.17) is 15.2 Å². The van der Waals surface area contributed by atoms with Crippen molar-refractivity contribution in [1.29, 1.82) is 0 Å². The highest BCUT2D eigenvalue weighted by molar-refractivity contribution is 6.02. The average molecular weight is 499 g/mol. The summed E-state index contributed by atoms with van der Waals surface area (Å²) < 4.78 is 51.2. The molecular weight excluding hydrogens is 479 g/mol. The third-order valence-corrected chi connectivity index (χ3v) is 6.09. The molecule has 2 N–H and O–H groups in total. The second-order valence-corrected chi connectivity index (χ2v) is 8.23. The van der Waals surface area contributed by atoms with Gasteiger partial charge in [-0.15, -0.1) is 0 Å². The maximum absolute atomic E-state index is 13.4. The van der Waals surface area contributed by atoms with Gasteiger partial charge in [0.15, 0.2) is 11.5 Å². The molecule has 36 heavy (non-hydrogen) atoms. The summed E-state index contributed by atoms with van der Waals surface area (Å²) in [6.45, 7) is 1.86. The topological polar surface area (TPSA) is 112 Å². The Morgan fingerprint density at radius 2 is 2.03 bits per heavy atom. The van der Waals surface area contributed by atoms with Crippen molar-refractivity contribution in [1.82, 2.24) is 19.3 Å². The number of aromatic nitrogens is 3. The Bertz CT molecular complexity index is 1530. The van der Waals surface area contributed by atoms with Gasteiger partial charge in [-0.3, -0.25) is 9.20 Å². The fraction of sp³-hybridized carbons (Fsp3) is 0.250. The molecule has 1 aliphatic rings. The molecule has 1 unspecified atom stereocenters. The normalized spacial score (nSPS) is 15.1. The van der Waals surface area contributed by atoms with Gasteiger partial charge in [-0.05, 0) is 37.3 Å². The predicted molar refractivity (Wildman–Crippen MR) is 123 cm³/mol. The van der Waals surface area contributed by atoms with E-state index in [9.17, 15) is 22.8 Å². The lowest BCUT2D eigenvalue weighted by atomic mass is 10.0. The fourth-order valence-electron chi connectivity index (χ4n) is 4.29. The molecule has 4 aromatic rings. The van der Waals surface area contributed by atoms with Crippen LogP contribution in [-0.4, -0.2) is 51.4 Å². The maximum Gasteiger partial charge on any atom is 0.416 e. The summed E-state index contributed by atoms with van der Waals surface area (Å²) in [7, 11) is 1.56. The minimum atomic E-state index is -4.49. The van der Waals surface area contributed by atoms with Gasteiger partial charge in [0.2, 0.25) is 0 Å². The number of nitrogens with zero attached hydrogens (tertiary/aromatic N) is 4. The first kappa shape index (κ1) is 23.4. The Morgan fingerprint density at radius 3 is 2.75 bits per heavy atom. The number of nitrogen functional groups attached to an aromatic ring is 1. The van der Waals surface area contributed by atoms with Crippen LogP contribution in [0.3, 0.4) is 0 Å². The van der Waals surface area contributed by atoms with Gasteiger partial charge in [-0.1, -0.05) is 6.07 Å². The van der Waals surface area contributed by atoms with Gasteiger partial charge in [0.1, 0.15) is 24.2 Å². The van der Waals surface area contributed by atoms with Crippen LogP contribution in [0.15, 0.2) is 42.7 Å². The minimum Gasteiger partial charge on any atom is -0.491 e. The number of imidazole rings is 1. The maximum atomic E-state index is 13.4. The van der Waals surface area contributed by atoms with Gasteiger partial charge in [-0.2, -0.15) is 13.2 Å². The molecule has 3 heterocycles. The highest BCUT2D eigenvalue weighted by Crippen LogP contribution is 2.40. The van der Waals surface area contributed by atoms with E-state index in [0.29, 0.717) is 22.2 Å². The Morgan fingerprint density at radius 1 is 1.25 bits per heavy atom. The van der Waals surface area contributed by atoms with E-state index in [2.05, 4.69) is 9.97 Å². The van der Waals surface area contributed by atoms with Gasteiger partial charge in [-0.25, -0.2) is 14.8 Å². The van der Waals surface area contributed by atoms with Crippen molar-refractivity contribution in [2.75, 3.05) is 26.0 Å². The van der Waals surface area contributed by atoms with Crippen LogP contribution in [0.4, 0.5) is 19.0 Å². The number of hydrogen-bond acceptors (Lipinski definition) is 7. The monoisotopic (exact) mass is 499 g/mol. The molecule has 0 aliphatic carbocycles. The van der Waals surface area contributed by atoms with Crippen molar-refractivity contribution in [2.24, 2.45) is 0 Å². The van der Waals surface area contributed by atoms with Gasteiger partial charge in [0.25, 0.3) is 5.91 Å². The van der Waals surface area contributed by atoms with Crippen LogP contribution in [-0.2, 0) is 10.9 Å². The zero-order valence-corrected chi connectivity index (χ0v) is 19.2. The van der Waals surface area contributed by atoms with E-state index in [1.165, 1.54) is 17.3 Å². The molecule has 1 atom stereocenters. The number of fused-ring (bicyclic) bond motifs is 4. The number of ether oxygens (including phenoxy) is 2. The Balaban J connectivity index is 1.50. The SMILES string of the molecule is CCOC(=O)c1ncn2c1c(N)nc1ccc(C(=O)N(C)C3COc4cc(C(F)(F)F)ccc43)cc12. The van der Waals surface area contributed by atoms with Crippen LogP contribution in [0, 0.1) is 0 Å². The summed E-state index contributed by atoms with van der Waals surface area (Å²) in [4.78, 5) is 35.5. The second-order valence-electron chi connectivity index (χ2n) is 8.23. The van der Waals surface area contributed by atoms with Gasteiger partial charge >= 0.3 is 12.1 Å². The summed E-state index contributed by atoms with van der Waals surface area (Å²) in [5.74, 6) is -0.848. The Labute approximate surface area is 202 Å². The molecule has 2 aromatic carbocycles. The number of halogens is 3. The number of carbonyl (C=O) groups excluding carboxylic acids is 2. The van der Waals surface area contributed by atoms with Crippen molar-refractivity contribution >= 4 is 34.2 Å². The van der Waals surface area contributed by atoms with Gasteiger partial charge in [0.05, 0.1) is 29.2 Å². The van der Waals surface area contributed by atoms with Gasteiger partial charge < -0.3 is 20.1 Å². The number of benzene rings is 2. The lowest BCUT2D eigenvalue weighted by Crippen LogP contribution is -2.32. The van der Waals surface area contributed by atoms with Crippen LogP contribution in [0.2, 0.25) is 0 Å². The number of esters is 1. The summed E-state index contributed by atoms with van der Waals surface area (Å²) in [5, 5.41) is 0. The molecule has 186 valence electrons. The van der Waals surface area contributed by atoms with E-state index in [0.717, 1.165) is 12.1 Å². The fourth-order valence-corrected chi connectivity index (χ4v) is 4.29. The number of amides is 1. The van der Waals surface area contributed by atoms with E-state index in [-0.39, 0.29) is 41.9 Å². The largest absolute Gasteiger partial charge is 0.491 e. The predicted octanol–water partition coefficient (Wildman–Crippen LogP) is 3.87. The van der Waals surface area contributed by atoms with Crippen molar-refractivity contribution in [3.05, 3.63) is 65.1 Å². The zero-order valence-electron chi connectivity index (χ0n) is 19.2. The molecule has 0 spiro atoms. The van der Waals surface area contributed by atoms with E-state index in [1.807, 2.05) is 0 Å². The molecule has 1 amide bonds. The summed E-state index contributed by atoms with van der Waals surface area (Å²) in [6, 6.07) is 7.46. The lowest BCUT2D eigenvalue weighted by molar-refractivity contribution is -0.137. The first-order valence-electron chi connectivity index (χ1n) is 10.9. The number of anilines is 1. The van der Waals surface area contributed by atoms with Crippen molar-refractivity contribution in [3.8, 4) is 5.75 Å². The van der Waals surface area contributed by atoms with E-state index < -0.39 is 23.8 Å². The van der Waals surface area contributed by atoms with Crippen LogP contribution in [0.5, 0.6) is 5.75 Å². The third kappa shape index (κ3) is 3.74. The van der Waals surface area contributed by atoms with Crippen molar-refractivity contribution in [2.45, 2.75) is 19.1 Å². The number of rotatable bonds is 4. The van der Waals surface area contributed by atoms with Crippen LogP contribution < -0.4 is 10.5 Å². The summed E-state index contributed by atoms with van der Waals surface area (Å²) in [6.07, 6.45) is -3.09. The first-order chi connectivity index (χ1) is 17.1. The molecule has 0 saturated heterocycles. The Kier molecular flexibility index (Phi) is 5.46. The number of hydrogen-bond donors (Lipinski definition) is 1. The molecule has 0 fully saturated rings. The van der Waals surface area contributed by atoms with Crippen LogP contribution in [0.25, 0.3) is 16.6 Å². The summed E-state index contributed by atoms with van der Waals surface area (Å²) >= 11 is 0. The lowest BCUT2D eigenvalue weighted by Gasteiger charge is -2.24. The number of alkyl halides is 3. The first-order valence-corrected chi connectivity index (χ1v) is 10.9. The quantitative estimate of drug-likeness (QED) is 0.424. The molecule has 0 bridgehead atoms. The highest BCUT2D eigenvalue weighted by Gasteiger charge is 2.36. The smallest absolute Gasteiger partial charge is 0.416 e. The molecule has 9 nitrogen and oxygen atoms in total. The number of nitrogens with two attached hydrogens (primary N) is 1. The number of carbonyl (C=O) groups is 2. The zero-order chi connectivity index (χ0) is 25.8. The third-order valence-electron chi connectivity index (χ3n) is 6.09. The average Bonchev–Trinajstić information content (AvgIpc) is 3.48. The molecule has 1 aliphatic heterocycles. The number of likely N-dealkylation sites (N-methyl/N-ethyl adjacent to an activating group) is 1. The molecule has 0 radical (unpaired) electrons. The van der Waals surface area contributed by atoms with Crippen molar-refractivity contribution in [3.63, 3.8) is 0 Å². The molecule has 5 rings (SSSR count). The molecule has 12 heteroatoms. The summed E-state index contributed by atoms with van der Waals surface area (Å²) in [5.41, 5.74) is 7.27. The van der Waals surface area contributed by atoms with Gasteiger partial charge in [0, 0.05) is 18.2 Å². The molecule has 2 aromatic heterocycles. The highest BCUT2D eigenvalue weighted by atomic mass is 19.4. The second kappa shape index (κ2) is 8.40. The Hall–Kier alpha value is -4.35. The van der Waals surface area contributed by atoms with E-state index in [1.54, 1.807) is 36.6 Å². The van der Waals surface area contributed by atoms with Crippen molar-refractivity contribution < 1.29 is 32.2 Å². The molecular formula is C24H20F3N5O4. The molecule has 0 saturated carbocycles.